The van der Waals surface area contributed by atoms with Crippen LogP contribution in [-0.2, 0) is 0 Å². The molecule has 88 valence electrons. The first-order chi connectivity index (χ1) is 8.69. The zero-order chi connectivity index (χ0) is 13.0. The highest BCUT2D eigenvalue weighted by molar-refractivity contribution is 5.94. The first kappa shape index (κ1) is 11.9. The molecule has 0 bridgehead atoms. The number of rotatable bonds is 2. The van der Waals surface area contributed by atoms with Crippen LogP contribution in [0.4, 0.5) is 0 Å². The number of carbonyl (C=O) groups excluding carboxylic acids is 1. The Kier molecular flexibility index (Phi) is 3.45. The molecular weight excluding hydrogens is 222 g/mol. The topological polar surface area (TPSA) is 32.9 Å². The third-order valence-electron chi connectivity index (χ3n) is 2.57. The zero-order valence-corrected chi connectivity index (χ0v) is 10.2. The lowest BCUT2D eigenvalue weighted by Crippen LogP contribution is -1.90. The van der Waals surface area contributed by atoms with Gasteiger partial charge in [-0.3, -0.25) is 4.79 Å². The Morgan fingerprint density at radius 1 is 1.22 bits per heavy atom. The monoisotopic (exact) mass is 235 g/mol. The fourth-order valence-corrected chi connectivity index (χ4v) is 1.53. The Hall–Kier alpha value is -2.53. The van der Waals surface area contributed by atoms with Gasteiger partial charge in [-0.25, -0.2) is 0 Å². The standard InChI is InChI=1S/C16H13NO/c1-3-16-10-14(11-17-16)5-4-13-6-8-15(9-7-13)12(2)18/h3,6-11,17H,1H2,2H3. The number of nitrogens with one attached hydrogen (secondary N) is 1. The number of aromatic nitrogens is 1. The van der Waals surface area contributed by atoms with Gasteiger partial charge in [-0.1, -0.05) is 30.6 Å². The van der Waals surface area contributed by atoms with Gasteiger partial charge in [0.1, 0.15) is 0 Å². The van der Waals surface area contributed by atoms with Gasteiger partial charge in [0.15, 0.2) is 5.78 Å². The van der Waals surface area contributed by atoms with Crippen LogP contribution in [0.5, 0.6) is 0 Å². The summed E-state index contributed by atoms with van der Waals surface area (Å²) in [6, 6.07) is 9.22. The molecule has 0 spiro atoms. The summed E-state index contributed by atoms with van der Waals surface area (Å²) in [5.41, 5.74) is 3.46. The second kappa shape index (κ2) is 5.20. The van der Waals surface area contributed by atoms with Gasteiger partial charge in [0, 0.05) is 28.6 Å². The summed E-state index contributed by atoms with van der Waals surface area (Å²) in [6.07, 6.45) is 3.58. The summed E-state index contributed by atoms with van der Waals surface area (Å²) in [5.74, 6) is 6.16. The summed E-state index contributed by atoms with van der Waals surface area (Å²) in [5, 5.41) is 0. The molecule has 0 radical (unpaired) electrons. The SMILES string of the molecule is C=Cc1cc(C#Cc2ccc(C(C)=O)cc2)c[nH]1. The lowest BCUT2D eigenvalue weighted by atomic mass is 10.1. The van der Waals surface area contributed by atoms with Crippen LogP contribution in [0.1, 0.15) is 34.1 Å². The van der Waals surface area contributed by atoms with Gasteiger partial charge in [0.2, 0.25) is 0 Å². The Labute approximate surface area is 106 Å². The Bertz CT molecular complexity index is 636. The molecule has 0 amide bonds. The van der Waals surface area contributed by atoms with Crippen molar-refractivity contribution in [3.8, 4) is 11.8 Å². The van der Waals surface area contributed by atoms with Gasteiger partial charge in [-0.05, 0) is 31.2 Å². The summed E-state index contributed by atoms with van der Waals surface area (Å²) in [6.45, 7) is 5.23. The highest BCUT2D eigenvalue weighted by atomic mass is 16.1. The van der Waals surface area contributed by atoms with E-state index in [0.29, 0.717) is 5.56 Å². The third-order valence-corrected chi connectivity index (χ3v) is 2.57. The van der Waals surface area contributed by atoms with Crippen LogP contribution in [0.3, 0.4) is 0 Å². The molecule has 0 unspecified atom stereocenters. The molecular formula is C16H13NO. The van der Waals surface area contributed by atoms with Crippen molar-refractivity contribution in [2.24, 2.45) is 0 Å². The molecule has 0 aliphatic rings. The van der Waals surface area contributed by atoms with E-state index in [-0.39, 0.29) is 5.78 Å². The third kappa shape index (κ3) is 2.78. The fourth-order valence-electron chi connectivity index (χ4n) is 1.53. The molecule has 0 fully saturated rings. The number of benzene rings is 1. The molecule has 1 heterocycles. The number of hydrogen-bond donors (Lipinski definition) is 1. The second-order valence-corrected chi connectivity index (χ2v) is 3.93. The van der Waals surface area contributed by atoms with Gasteiger partial charge >= 0.3 is 0 Å². The van der Waals surface area contributed by atoms with E-state index in [1.807, 2.05) is 24.4 Å². The number of hydrogen-bond acceptors (Lipinski definition) is 1. The van der Waals surface area contributed by atoms with Gasteiger partial charge in [0.25, 0.3) is 0 Å². The van der Waals surface area contributed by atoms with E-state index in [1.54, 1.807) is 25.1 Å². The Morgan fingerprint density at radius 3 is 2.44 bits per heavy atom. The normalized spacial score (nSPS) is 9.39. The lowest BCUT2D eigenvalue weighted by Gasteiger charge is -1.94. The summed E-state index contributed by atoms with van der Waals surface area (Å²) >= 11 is 0. The van der Waals surface area contributed by atoms with Crippen molar-refractivity contribution in [1.29, 1.82) is 0 Å². The first-order valence-corrected chi connectivity index (χ1v) is 5.63. The molecule has 1 N–H and O–H groups in total. The van der Waals surface area contributed by atoms with Gasteiger partial charge < -0.3 is 4.98 Å². The van der Waals surface area contributed by atoms with E-state index in [0.717, 1.165) is 16.8 Å². The van der Waals surface area contributed by atoms with E-state index in [9.17, 15) is 4.79 Å². The van der Waals surface area contributed by atoms with Crippen LogP contribution < -0.4 is 0 Å². The number of Topliss-reactive ketones (excluding diaryl/α,β-unsaturated/α-hetero) is 1. The predicted octanol–water partition coefficient (Wildman–Crippen LogP) is 3.26. The Morgan fingerprint density at radius 2 is 1.89 bits per heavy atom. The molecule has 2 heteroatoms. The molecule has 0 aliphatic heterocycles. The second-order valence-electron chi connectivity index (χ2n) is 3.93. The number of carbonyl (C=O) groups is 1. The minimum Gasteiger partial charge on any atom is -0.360 e. The molecule has 2 rings (SSSR count). The highest BCUT2D eigenvalue weighted by Crippen LogP contribution is 2.06. The first-order valence-electron chi connectivity index (χ1n) is 5.63. The minimum atomic E-state index is 0.0655. The van der Waals surface area contributed by atoms with Crippen LogP contribution in [-0.4, -0.2) is 10.8 Å². The zero-order valence-electron chi connectivity index (χ0n) is 10.2. The van der Waals surface area contributed by atoms with Crippen molar-refractivity contribution in [3.05, 3.63) is 65.5 Å². The molecule has 0 saturated carbocycles. The van der Waals surface area contributed by atoms with Crippen molar-refractivity contribution in [2.75, 3.05) is 0 Å². The number of aromatic amines is 1. The average molecular weight is 235 g/mol. The molecule has 2 aromatic rings. The van der Waals surface area contributed by atoms with Crippen LogP contribution in [0, 0.1) is 11.8 Å². The van der Waals surface area contributed by atoms with Gasteiger partial charge in [-0.2, -0.15) is 0 Å². The quantitative estimate of drug-likeness (QED) is 0.629. The molecule has 18 heavy (non-hydrogen) atoms. The number of H-pyrrole nitrogens is 1. The van der Waals surface area contributed by atoms with E-state index in [1.165, 1.54) is 0 Å². The molecule has 2 nitrogen and oxygen atoms in total. The summed E-state index contributed by atoms with van der Waals surface area (Å²) < 4.78 is 0. The van der Waals surface area contributed by atoms with Crippen molar-refractivity contribution in [2.45, 2.75) is 6.92 Å². The maximum atomic E-state index is 11.1. The molecule has 0 aliphatic carbocycles. The lowest BCUT2D eigenvalue weighted by molar-refractivity contribution is 0.101. The van der Waals surface area contributed by atoms with E-state index in [4.69, 9.17) is 0 Å². The molecule has 1 aromatic carbocycles. The molecule has 0 atom stereocenters. The Balaban J connectivity index is 2.19. The van der Waals surface area contributed by atoms with Crippen LogP contribution in [0.15, 0.2) is 43.1 Å². The maximum Gasteiger partial charge on any atom is 0.159 e. The van der Waals surface area contributed by atoms with E-state index in [2.05, 4.69) is 23.4 Å². The number of ketones is 1. The molecule has 0 saturated heterocycles. The van der Waals surface area contributed by atoms with Crippen molar-refractivity contribution in [1.82, 2.24) is 4.98 Å². The van der Waals surface area contributed by atoms with Gasteiger partial charge in [-0.15, -0.1) is 0 Å². The summed E-state index contributed by atoms with van der Waals surface area (Å²) in [4.78, 5) is 14.2. The maximum absolute atomic E-state index is 11.1. The average Bonchev–Trinajstić information content (AvgIpc) is 2.85. The van der Waals surface area contributed by atoms with E-state index >= 15 is 0 Å². The van der Waals surface area contributed by atoms with Crippen molar-refractivity contribution < 1.29 is 4.79 Å². The fraction of sp³-hybridized carbons (Fsp3) is 0.0625. The smallest absolute Gasteiger partial charge is 0.159 e. The highest BCUT2D eigenvalue weighted by Gasteiger charge is 1.97. The van der Waals surface area contributed by atoms with E-state index < -0.39 is 0 Å². The van der Waals surface area contributed by atoms with Crippen LogP contribution >= 0.6 is 0 Å². The van der Waals surface area contributed by atoms with Crippen molar-refractivity contribution >= 4 is 11.9 Å². The van der Waals surface area contributed by atoms with Crippen LogP contribution in [0.25, 0.3) is 6.08 Å². The van der Waals surface area contributed by atoms with Crippen molar-refractivity contribution in [3.63, 3.8) is 0 Å². The van der Waals surface area contributed by atoms with Crippen LogP contribution in [0.2, 0.25) is 0 Å². The predicted molar refractivity (Wildman–Crippen MR) is 73.3 cm³/mol. The summed E-state index contributed by atoms with van der Waals surface area (Å²) in [7, 11) is 0. The minimum absolute atomic E-state index is 0.0655. The molecule has 1 aromatic heterocycles. The van der Waals surface area contributed by atoms with Gasteiger partial charge in [0.05, 0.1) is 0 Å². The largest absolute Gasteiger partial charge is 0.360 e.